The number of esters is 2. The van der Waals surface area contributed by atoms with Crippen LogP contribution < -0.4 is 0 Å². The predicted molar refractivity (Wildman–Crippen MR) is 94.8 cm³/mol. The summed E-state index contributed by atoms with van der Waals surface area (Å²) in [5, 5.41) is 10.8. The highest BCUT2D eigenvalue weighted by Crippen LogP contribution is 2.72. The zero-order chi connectivity index (χ0) is 18.9. The molecule has 4 rings (SSSR count). The summed E-state index contributed by atoms with van der Waals surface area (Å²) in [6.45, 7) is 6.04. The Bertz CT molecular complexity index is 709. The molecular weight excluding hydrogens is 332 g/mol. The summed E-state index contributed by atoms with van der Waals surface area (Å²) in [6.07, 6.45) is 5.46. The van der Waals surface area contributed by atoms with Crippen LogP contribution in [0.4, 0.5) is 0 Å². The molecule has 4 aliphatic rings. The number of allylic oxidation sites excluding steroid dienone is 2. The summed E-state index contributed by atoms with van der Waals surface area (Å²) in [7, 11) is 2.76. The van der Waals surface area contributed by atoms with Gasteiger partial charge in [-0.15, -0.1) is 0 Å². The molecule has 3 fully saturated rings. The van der Waals surface area contributed by atoms with Gasteiger partial charge in [-0.3, -0.25) is 9.59 Å². The Morgan fingerprint density at radius 1 is 1.27 bits per heavy atom. The second-order valence-corrected chi connectivity index (χ2v) is 8.81. The Kier molecular flexibility index (Phi) is 3.89. The first-order valence-electron chi connectivity index (χ1n) is 9.53. The lowest BCUT2D eigenvalue weighted by Gasteiger charge is -2.43. The average molecular weight is 360 g/mol. The van der Waals surface area contributed by atoms with Crippen molar-refractivity contribution in [1.29, 1.82) is 0 Å². The van der Waals surface area contributed by atoms with E-state index in [0.29, 0.717) is 12.3 Å². The van der Waals surface area contributed by atoms with Gasteiger partial charge in [-0.05, 0) is 56.3 Å². The Labute approximate surface area is 154 Å². The first-order valence-corrected chi connectivity index (χ1v) is 9.53. The van der Waals surface area contributed by atoms with E-state index in [2.05, 4.69) is 12.7 Å². The predicted octanol–water partition coefficient (Wildman–Crippen LogP) is 2.64. The fourth-order valence-electron chi connectivity index (χ4n) is 6.80. The Morgan fingerprint density at radius 2 is 2.00 bits per heavy atom. The van der Waals surface area contributed by atoms with Gasteiger partial charge in [0, 0.05) is 5.92 Å². The van der Waals surface area contributed by atoms with Crippen LogP contribution in [0.25, 0.3) is 0 Å². The second kappa shape index (κ2) is 5.69. The molecule has 7 atom stereocenters. The summed E-state index contributed by atoms with van der Waals surface area (Å²) in [5.41, 5.74) is 1.01. The Morgan fingerprint density at radius 3 is 2.65 bits per heavy atom. The van der Waals surface area contributed by atoms with Crippen molar-refractivity contribution in [2.24, 2.45) is 34.5 Å². The molecule has 0 aromatic heterocycles. The lowest BCUT2D eigenvalue weighted by molar-refractivity contribution is -0.171. The molecule has 0 saturated heterocycles. The molecule has 1 spiro atoms. The SMILES string of the molecule is C=C1C[C@]23C[C@H]1CC[C@H]2C1=CC[C@H](O)[C@@](C)(C(=O)OC)[C@H]1[C@@H]3C(=O)OC. The molecule has 0 aliphatic heterocycles. The number of ether oxygens (including phenoxy) is 2. The molecule has 0 aromatic carbocycles. The molecule has 4 aliphatic carbocycles. The normalized spacial score (nSPS) is 46.2. The molecular formula is C21H28O5. The lowest BCUT2D eigenvalue weighted by Crippen LogP contribution is -2.52. The number of rotatable bonds is 2. The van der Waals surface area contributed by atoms with Crippen LogP contribution in [-0.4, -0.2) is 37.4 Å². The number of methoxy groups -OCH3 is 2. The van der Waals surface area contributed by atoms with Crippen LogP contribution in [0.15, 0.2) is 23.8 Å². The number of hydrogen-bond donors (Lipinski definition) is 1. The zero-order valence-corrected chi connectivity index (χ0v) is 15.8. The van der Waals surface area contributed by atoms with Gasteiger partial charge in [0.05, 0.1) is 31.7 Å². The smallest absolute Gasteiger partial charge is 0.314 e. The van der Waals surface area contributed by atoms with Crippen molar-refractivity contribution in [3.63, 3.8) is 0 Å². The minimum Gasteiger partial charge on any atom is -0.469 e. The van der Waals surface area contributed by atoms with Crippen LogP contribution in [0, 0.1) is 34.5 Å². The van der Waals surface area contributed by atoms with Gasteiger partial charge >= 0.3 is 11.9 Å². The number of carbonyl (C=O) groups is 2. The molecule has 142 valence electrons. The lowest BCUT2D eigenvalue weighted by atomic mass is 9.60. The fourth-order valence-corrected chi connectivity index (χ4v) is 6.80. The van der Waals surface area contributed by atoms with Gasteiger partial charge < -0.3 is 14.6 Å². The van der Waals surface area contributed by atoms with Gasteiger partial charge in [-0.25, -0.2) is 0 Å². The van der Waals surface area contributed by atoms with Crippen LogP contribution >= 0.6 is 0 Å². The first kappa shape index (κ1) is 17.8. The summed E-state index contributed by atoms with van der Waals surface area (Å²) in [5.74, 6) is -0.830. The third kappa shape index (κ3) is 1.95. The van der Waals surface area contributed by atoms with Gasteiger partial charge in [-0.1, -0.05) is 23.8 Å². The van der Waals surface area contributed by atoms with Crippen molar-refractivity contribution in [1.82, 2.24) is 0 Å². The average Bonchev–Trinajstić information content (AvgIpc) is 3.07. The second-order valence-electron chi connectivity index (χ2n) is 8.81. The minimum atomic E-state index is -1.14. The number of fused-ring (bicyclic) bond motifs is 3. The highest BCUT2D eigenvalue weighted by Gasteiger charge is 2.71. The van der Waals surface area contributed by atoms with E-state index in [-0.39, 0.29) is 23.2 Å². The van der Waals surface area contributed by atoms with E-state index >= 15 is 0 Å². The largest absolute Gasteiger partial charge is 0.469 e. The van der Waals surface area contributed by atoms with Crippen molar-refractivity contribution >= 4 is 11.9 Å². The van der Waals surface area contributed by atoms with E-state index in [1.807, 2.05) is 0 Å². The molecule has 0 heterocycles. The minimum absolute atomic E-state index is 0.233. The van der Waals surface area contributed by atoms with E-state index in [1.54, 1.807) is 6.92 Å². The number of aliphatic hydroxyl groups is 1. The van der Waals surface area contributed by atoms with Crippen LogP contribution in [0.5, 0.6) is 0 Å². The van der Waals surface area contributed by atoms with Crippen molar-refractivity contribution in [3.8, 4) is 0 Å². The summed E-state index contributed by atoms with van der Waals surface area (Å²) < 4.78 is 10.3. The topological polar surface area (TPSA) is 72.8 Å². The van der Waals surface area contributed by atoms with E-state index in [9.17, 15) is 14.7 Å². The summed E-state index contributed by atoms with van der Waals surface area (Å²) in [4.78, 5) is 25.8. The van der Waals surface area contributed by atoms with Crippen molar-refractivity contribution in [2.75, 3.05) is 14.2 Å². The van der Waals surface area contributed by atoms with Gasteiger partial charge in [0.1, 0.15) is 0 Å². The maximum atomic E-state index is 13.0. The monoisotopic (exact) mass is 360 g/mol. The number of hydrogen-bond acceptors (Lipinski definition) is 5. The first-order chi connectivity index (χ1) is 12.3. The third-order valence-electron chi connectivity index (χ3n) is 7.97. The van der Waals surface area contributed by atoms with E-state index < -0.39 is 23.4 Å². The molecule has 26 heavy (non-hydrogen) atoms. The number of aliphatic hydroxyl groups excluding tert-OH is 1. The van der Waals surface area contributed by atoms with Crippen LogP contribution in [0.1, 0.15) is 39.0 Å². The van der Waals surface area contributed by atoms with Gasteiger partial charge in [0.2, 0.25) is 0 Å². The highest BCUT2D eigenvalue weighted by atomic mass is 16.5. The standard InChI is InChI=1S/C21H28O5/c1-11-9-21-10-12(11)5-7-14(21)13-6-8-15(22)20(2,19(24)26-4)16(13)17(21)18(23)25-3/h6,12,14-17,22H,1,5,7-10H2,2-4H3/t12-,14+,15+,16-,17-,20-,21+/m1/s1. The zero-order valence-electron chi connectivity index (χ0n) is 15.8. The van der Waals surface area contributed by atoms with Crippen LogP contribution in [-0.2, 0) is 19.1 Å². The third-order valence-corrected chi connectivity index (χ3v) is 7.97. The Balaban J connectivity index is 1.91. The van der Waals surface area contributed by atoms with Gasteiger partial charge in [0.25, 0.3) is 0 Å². The van der Waals surface area contributed by atoms with Crippen LogP contribution in [0.3, 0.4) is 0 Å². The van der Waals surface area contributed by atoms with Crippen molar-refractivity contribution in [2.45, 2.75) is 45.1 Å². The maximum Gasteiger partial charge on any atom is 0.314 e. The number of carbonyl (C=O) groups excluding carboxylic acids is 2. The highest BCUT2D eigenvalue weighted by molar-refractivity contribution is 5.83. The summed E-state index contributed by atoms with van der Waals surface area (Å²) in [6, 6.07) is 0. The quantitative estimate of drug-likeness (QED) is 0.605. The molecule has 1 N–H and O–H groups in total. The van der Waals surface area contributed by atoms with Gasteiger partial charge in [-0.2, -0.15) is 0 Å². The Hall–Kier alpha value is -1.62. The molecule has 3 saturated carbocycles. The molecule has 0 radical (unpaired) electrons. The van der Waals surface area contributed by atoms with Crippen molar-refractivity contribution < 1.29 is 24.2 Å². The van der Waals surface area contributed by atoms with Crippen LogP contribution in [0.2, 0.25) is 0 Å². The summed E-state index contributed by atoms with van der Waals surface area (Å²) >= 11 is 0. The molecule has 2 bridgehead atoms. The molecule has 0 amide bonds. The fraction of sp³-hybridized carbons (Fsp3) is 0.714. The van der Waals surface area contributed by atoms with E-state index in [0.717, 1.165) is 31.3 Å². The van der Waals surface area contributed by atoms with E-state index in [4.69, 9.17) is 9.47 Å². The molecule has 5 heteroatoms. The van der Waals surface area contributed by atoms with Gasteiger partial charge in [0.15, 0.2) is 0 Å². The molecule has 5 nitrogen and oxygen atoms in total. The maximum absolute atomic E-state index is 13.0. The van der Waals surface area contributed by atoms with E-state index in [1.165, 1.54) is 19.8 Å². The molecule has 0 aromatic rings. The van der Waals surface area contributed by atoms with Crippen molar-refractivity contribution in [3.05, 3.63) is 23.8 Å². The molecule has 0 unspecified atom stereocenters.